The van der Waals surface area contributed by atoms with Gasteiger partial charge in [0.2, 0.25) is 0 Å². The summed E-state index contributed by atoms with van der Waals surface area (Å²) in [6, 6.07) is 22.2. The van der Waals surface area contributed by atoms with Gasteiger partial charge in [0.1, 0.15) is 0 Å². The van der Waals surface area contributed by atoms with Gasteiger partial charge in [-0.2, -0.15) is 0 Å². The van der Waals surface area contributed by atoms with E-state index in [9.17, 15) is 19.7 Å². The molecule has 1 unspecified atom stereocenters. The molecule has 1 aliphatic heterocycles. The minimum absolute atomic E-state index is 0.0253. The molecule has 37 heavy (non-hydrogen) atoms. The number of carbonyl (C=O) groups excluding carboxylic acids is 1. The lowest BCUT2D eigenvalue weighted by molar-refractivity contribution is -0.384. The van der Waals surface area contributed by atoms with Crippen molar-refractivity contribution in [1.82, 2.24) is 4.57 Å². The molecule has 1 aromatic heterocycles. The number of carbonyl (C=O) groups is 1. The summed E-state index contributed by atoms with van der Waals surface area (Å²) in [6.45, 7) is 3.75. The lowest BCUT2D eigenvalue weighted by Gasteiger charge is -2.25. The van der Waals surface area contributed by atoms with Crippen molar-refractivity contribution in [3.8, 4) is 0 Å². The number of rotatable bonds is 5. The van der Waals surface area contributed by atoms with Crippen LogP contribution in [0.15, 0.2) is 99.9 Å². The standard InChI is InChI=1S/C28H22N4O4S/c1-17-8-12-20(13-9-17)25-24(26(33)30-21-6-4-3-5-7-21)18(2)29-28-31(25)27(34)23(37-28)16-19-10-14-22(15-11-19)32(35)36/h3-16,25H,1-2H3,(H,30,33). The van der Waals surface area contributed by atoms with Gasteiger partial charge in [-0.05, 0) is 55.3 Å². The van der Waals surface area contributed by atoms with Crippen LogP contribution in [0.1, 0.15) is 29.7 Å². The van der Waals surface area contributed by atoms with E-state index in [1.807, 2.05) is 49.4 Å². The van der Waals surface area contributed by atoms with E-state index in [0.29, 0.717) is 31.9 Å². The second-order valence-electron chi connectivity index (χ2n) is 8.66. The normalized spacial score (nSPS) is 15.2. The lowest BCUT2D eigenvalue weighted by atomic mass is 9.94. The maximum absolute atomic E-state index is 13.7. The molecular formula is C28H22N4O4S. The largest absolute Gasteiger partial charge is 0.322 e. The van der Waals surface area contributed by atoms with E-state index in [0.717, 1.165) is 11.1 Å². The SMILES string of the molecule is CC1=C(C(=O)Nc2ccccc2)C(c2ccc(C)cc2)n2c(sc(=Cc3ccc([N+](=O)[O-])cc3)c2=O)=N1. The zero-order valence-corrected chi connectivity index (χ0v) is 20.9. The third-order valence-electron chi connectivity index (χ3n) is 6.09. The number of hydrogen-bond donors (Lipinski definition) is 1. The number of non-ortho nitro benzene ring substituents is 1. The van der Waals surface area contributed by atoms with Crippen LogP contribution < -0.4 is 20.2 Å². The monoisotopic (exact) mass is 510 g/mol. The van der Waals surface area contributed by atoms with Crippen LogP contribution in [-0.2, 0) is 4.79 Å². The number of thiazole rings is 1. The third-order valence-corrected chi connectivity index (χ3v) is 7.08. The number of allylic oxidation sites excluding steroid dienone is 1. The second kappa shape index (κ2) is 9.79. The summed E-state index contributed by atoms with van der Waals surface area (Å²) >= 11 is 1.22. The molecule has 0 spiro atoms. The molecule has 0 radical (unpaired) electrons. The van der Waals surface area contributed by atoms with Crippen molar-refractivity contribution < 1.29 is 9.72 Å². The summed E-state index contributed by atoms with van der Waals surface area (Å²) in [4.78, 5) is 42.9. The number of aromatic nitrogens is 1. The van der Waals surface area contributed by atoms with Crippen molar-refractivity contribution >= 4 is 34.7 Å². The van der Waals surface area contributed by atoms with Gasteiger partial charge in [-0.1, -0.05) is 59.4 Å². The number of fused-ring (bicyclic) bond motifs is 1. The summed E-state index contributed by atoms with van der Waals surface area (Å²) in [7, 11) is 0. The number of hydrogen-bond acceptors (Lipinski definition) is 6. The molecule has 8 nitrogen and oxygen atoms in total. The van der Waals surface area contributed by atoms with Crippen LogP contribution in [0.25, 0.3) is 6.08 Å². The number of nitrogens with one attached hydrogen (secondary N) is 1. The third kappa shape index (κ3) is 4.76. The zero-order chi connectivity index (χ0) is 26.1. The second-order valence-corrected chi connectivity index (χ2v) is 9.67. The molecule has 184 valence electrons. The minimum atomic E-state index is -0.667. The number of nitro benzene ring substituents is 1. The highest BCUT2D eigenvalue weighted by atomic mass is 32.1. The Balaban J connectivity index is 1.64. The topological polar surface area (TPSA) is 107 Å². The summed E-state index contributed by atoms with van der Waals surface area (Å²) in [6.07, 6.45) is 1.68. The van der Waals surface area contributed by atoms with Crippen LogP contribution >= 0.6 is 11.3 Å². The first kappa shape index (κ1) is 24.1. The number of nitro groups is 1. The van der Waals surface area contributed by atoms with Gasteiger partial charge < -0.3 is 5.32 Å². The quantitative estimate of drug-likeness (QED) is 0.322. The van der Waals surface area contributed by atoms with E-state index in [2.05, 4.69) is 10.3 Å². The predicted molar refractivity (Wildman–Crippen MR) is 143 cm³/mol. The maximum Gasteiger partial charge on any atom is 0.271 e. The number of benzene rings is 3. The highest BCUT2D eigenvalue weighted by Crippen LogP contribution is 2.31. The van der Waals surface area contributed by atoms with E-state index < -0.39 is 11.0 Å². The van der Waals surface area contributed by atoms with Crippen molar-refractivity contribution in [2.24, 2.45) is 4.99 Å². The minimum Gasteiger partial charge on any atom is -0.322 e. The molecule has 0 saturated heterocycles. The van der Waals surface area contributed by atoms with E-state index >= 15 is 0 Å². The molecule has 0 aliphatic carbocycles. The molecule has 0 fully saturated rings. The number of nitrogens with zero attached hydrogens (tertiary/aromatic N) is 3. The lowest BCUT2D eigenvalue weighted by Crippen LogP contribution is -2.40. The molecule has 1 amide bonds. The van der Waals surface area contributed by atoms with Crippen LogP contribution in [0.4, 0.5) is 11.4 Å². The molecule has 0 bridgehead atoms. The van der Waals surface area contributed by atoms with E-state index in [1.165, 1.54) is 23.5 Å². The van der Waals surface area contributed by atoms with Gasteiger partial charge in [0.15, 0.2) is 4.80 Å². The van der Waals surface area contributed by atoms with E-state index in [1.54, 1.807) is 41.8 Å². The average Bonchev–Trinajstić information content (AvgIpc) is 3.18. The fourth-order valence-electron chi connectivity index (χ4n) is 4.24. The Morgan fingerprint density at radius 1 is 1.03 bits per heavy atom. The molecule has 4 aromatic rings. The van der Waals surface area contributed by atoms with Gasteiger partial charge >= 0.3 is 0 Å². The highest BCUT2D eigenvalue weighted by Gasteiger charge is 2.32. The maximum atomic E-state index is 13.7. The first-order chi connectivity index (χ1) is 17.8. The molecule has 0 saturated carbocycles. The number of para-hydroxylation sites is 1. The molecule has 1 atom stereocenters. The molecule has 5 rings (SSSR count). The number of aryl methyl sites for hydroxylation is 1. The van der Waals surface area contributed by atoms with Crippen LogP contribution in [-0.4, -0.2) is 15.4 Å². The van der Waals surface area contributed by atoms with Crippen molar-refractivity contribution in [2.75, 3.05) is 5.32 Å². The molecule has 1 aliphatic rings. The molecule has 3 aromatic carbocycles. The van der Waals surface area contributed by atoms with Gasteiger partial charge in [0, 0.05) is 17.8 Å². The Morgan fingerprint density at radius 3 is 2.35 bits per heavy atom. The zero-order valence-electron chi connectivity index (χ0n) is 20.0. The average molecular weight is 511 g/mol. The Kier molecular flexibility index (Phi) is 6.37. The molecule has 2 heterocycles. The van der Waals surface area contributed by atoms with Gasteiger partial charge in [-0.15, -0.1) is 0 Å². The van der Waals surface area contributed by atoms with Gasteiger partial charge in [-0.25, -0.2) is 4.99 Å². The number of amides is 1. The van der Waals surface area contributed by atoms with E-state index in [4.69, 9.17) is 0 Å². The van der Waals surface area contributed by atoms with Crippen LogP contribution in [0.3, 0.4) is 0 Å². The smallest absolute Gasteiger partial charge is 0.271 e. The number of anilines is 1. The molecule has 1 N–H and O–H groups in total. The Bertz CT molecular complexity index is 1720. The van der Waals surface area contributed by atoms with Crippen molar-refractivity contribution in [2.45, 2.75) is 19.9 Å². The van der Waals surface area contributed by atoms with Crippen molar-refractivity contribution in [3.63, 3.8) is 0 Å². The van der Waals surface area contributed by atoms with Gasteiger partial charge in [0.05, 0.1) is 26.8 Å². The first-order valence-corrected chi connectivity index (χ1v) is 12.3. The summed E-state index contributed by atoms with van der Waals surface area (Å²) < 4.78 is 1.97. The fourth-order valence-corrected chi connectivity index (χ4v) is 5.29. The Morgan fingerprint density at radius 2 is 1.70 bits per heavy atom. The predicted octanol–water partition coefficient (Wildman–Crippen LogP) is 4.09. The van der Waals surface area contributed by atoms with Crippen molar-refractivity contribution in [1.29, 1.82) is 0 Å². The molecule has 9 heteroatoms. The summed E-state index contributed by atoms with van der Waals surface area (Å²) in [5.41, 5.74) is 3.76. The van der Waals surface area contributed by atoms with Crippen LogP contribution in [0.2, 0.25) is 0 Å². The van der Waals surface area contributed by atoms with Crippen LogP contribution in [0, 0.1) is 17.0 Å². The Hall–Kier alpha value is -4.63. The highest BCUT2D eigenvalue weighted by molar-refractivity contribution is 7.07. The fraction of sp³-hybridized carbons (Fsp3) is 0.107. The van der Waals surface area contributed by atoms with Crippen molar-refractivity contribution in [3.05, 3.63) is 137 Å². The molecular weight excluding hydrogens is 488 g/mol. The first-order valence-electron chi connectivity index (χ1n) is 11.5. The van der Waals surface area contributed by atoms with Gasteiger partial charge in [0.25, 0.3) is 17.2 Å². The Labute approximate surface area is 215 Å². The van der Waals surface area contributed by atoms with E-state index in [-0.39, 0.29) is 17.2 Å². The summed E-state index contributed by atoms with van der Waals surface area (Å²) in [5.74, 6) is -0.331. The van der Waals surface area contributed by atoms with Gasteiger partial charge in [-0.3, -0.25) is 24.3 Å². The summed E-state index contributed by atoms with van der Waals surface area (Å²) in [5, 5.41) is 13.9. The van der Waals surface area contributed by atoms with Crippen LogP contribution in [0.5, 0.6) is 0 Å².